The molecule has 1 saturated heterocycles. The summed E-state index contributed by atoms with van der Waals surface area (Å²) in [4.78, 5) is 26.4. The van der Waals surface area contributed by atoms with Gasteiger partial charge in [-0.1, -0.05) is 18.2 Å². The van der Waals surface area contributed by atoms with Crippen molar-refractivity contribution in [1.82, 2.24) is 10.6 Å². The third-order valence-electron chi connectivity index (χ3n) is 4.49. The van der Waals surface area contributed by atoms with E-state index in [1.807, 2.05) is 18.2 Å². The number of fused-ring (bicyclic) bond motifs is 1. The molecule has 23 heavy (non-hydrogen) atoms. The van der Waals surface area contributed by atoms with E-state index in [-0.39, 0.29) is 36.7 Å². The van der Waals surface area contributed by atoms with Gasteiger partial charge in [0.05, 0.1) is 12.5 Å². The molecule has 0 bridgehead atoms. The lowest BCUT2D eigenvalue weighted by Gasteiger charge is -2.30. The highest BCUT2D eigenvalue weighted by atomic mass is 35.5. The number of nitrogens with zero attached hydrogens (tertiary/aromatic N) is 1. The summed E-state index contributed by atoms with van der Waals surface area (Å²) in [6.07, 6.45) is 3.91. The van der Waals surface area contributed by atoms with Crippen LogP contribution in [0.4, 0.5) is 5.69 Å². The maximum Gasteiger partial charge on any atom is 0.246 e. The lowest BCUT2D eigenvalue weighted by molar-refractivity contribution is -0.128. The molecular formula is C17H24ClN3O2. The van der Waals surface area contributed by atoms with Gasteiger partial charge in [0.2, 0.25) is 11.8 Å². The Balaban J connectivity index is 0.00000192. The van der Waals surface area contributed by atoms with Crippen LogP contribution in [0, 0.1) is 5.92 Å². The number of anilines is 1. The second-order valence-electron chi connectivity index (χ2n) is 6.04. The number of piperidine rings is 1. The molecule has 1 atom stereocenters. The largest absolute Gasteiger partial charge is 0.347 e. The van der Waals surface area contributed by atoms with Crippen molar-refractivity contribution in [1.29, 1.82) is 0 Å². The molecule has 1 aromatic carbocycles. The lowest BCUT2D eigenvalue weighted by atomic mass is 9.99. The van der Waals surface area contributed by atoms with Crippen molar-refractivity contribution in [2.24, 2.45) is 5.92 Å². The minimum absolute atomic E-state index is 0. The van der Waals surface area contributed by atoms with Crippen molar-refractivity contribution < 1.29 is 9.59 Å². The Morgan fingerprint density at radius 2 is 2.09 bits per heavy atom. The van der Waals surface area contributed by atoms with Gasteiger partial charge >= 0.3 is 0 Å². The fourth-order valence-electron chi connectivity index (χ4n) is 3.27. The van der Waals surface area contributed by atoms with Gasteiger partial charge in [-0.15, -0.1) is 12.4 Å². The Morgan fingerprint density at radius 3 is 2.87 bits per heavy atom. The number of para-hydroxylation sites is 1. The molecule has 2 aliphatic heterocycles. The first-order valence-electron chi connectivity index (χ1n) is 8.12. The number of amides is 2. The highest BCUT2D eigenvalue weighted by Crippen LogP contribution is 2.26. The molecule has 2 heterocycles. The fraction of sp³-hybridized carbons (Fsp3) is 0.529. The van der Waals surface area contributed by atoms with E-state index >= 15 is 0 Å². The predicted octanol–water partition coefficient (Wildman–Crippen LogP) is 1.50. The van der Waals surface area contributed by atoms with Crippen LogP contribution in [0.5, 0.6) is 0 Å². The van der Waals surface area contributed by atoms with Gasteiger partial charge in [-0.3, -0.25) is 9.59 Å². The molecule has 0 radical (unpaired) electrons. The van der Waals surface area contributed by atoms with Crippen LogP contribution in [0.15, 0.2) is 24.3 Å². The van der Waals surface area contributed by atoms with Gasteiger partial charge in [0.15, 0.2) is 0 Å². The van der Waals surface area contributed by atoms with E-state index in [2.05, 4.69) is 16.7 Å². The van der Waals surface area contributed by atoms with Gasteiger partial charge in [0.1, 0.15) is 0 Å². The molecule has 0 aromatic heterocycles. The predicted molar refractivity (Wildman–Crippen MR) is 93.0 cm³/mol. The van der Waals surface area contributed by atoms with E-state index < -0.39 is 0 Å². The summed E-state index contributed by atoms with van der Waals surface area (Å²) in [7, 11) is 0. The number of carbonyl (C=O) groups excluding carboxylic acids is 2. The number of benzene rings is 1. The second-order valence-corrected chi connectivity index (χ2v) is 6.04. The van der Waals surface area contributed by atoms with Crippen LogP contribution in [0.2, 0.25) is 0 Å². The molecule has 5 nitrogen and oxygen atoms in total. The number of hydrogen-bond donors (Lipinski definition) is 2. The minimum Gasteiger partial charge on any atom is -0.347 e. The average molecular weight is 338 g/mol. The van der Waals surface area contributed by atoms with Gasteiger partial charge in [0.25, 0.3) is 0 Å². The number of nitrogens with one attached hydrogen (secondary N) is 2. The van der Waals surface area contributed by atoms with Gasteiger partial charge in [-0.25, -0.2) is 0 Å². The highest BCUT2D eigenvalue weighted by Gasteiger charge is 2.24. The topological polar surface area (TPSA) is 61.4 Å². The molecule has 3 rings (SSSR count). The van der Waals surface area contributed by atoms with E-state index in [4.69, 9.17) is 0 Å². The summed E-state index contributed by atoms with van der Waals surface area (Å²) in [5, 5.41) is 6.03. The summed E-state index contributed by atoms with van der Waals surface area (Å²) in [6, 6.07) is 8.02. The minimum atomic E-state index is -0.0238. The fourth-order valence-corrected chi connectivity index (χ4v) is 3.27. The molecule has 0 spiro atoms. The van der Waals surface area contributed by atoms with E-state index in [0.29, 0.717) is 6.54 Å². The quantitative estimate of drug-likeness (QED) is 0.878. The van der Waals surface area contributed by atoms with E-state index in [1.165, 1.54) is 5.56 Å². The van der Waals surface area contributed by atoms with Crippen molar-refractivity contribution >= 4 is 29.9 Å². The van der Waals surface area contributed by atoms with Crippen LogP contribution < -0.4 is 15.5 Å². The van der Waals surface area contributed by atoms with Crippen LogP contribution >= 0.6 is 12.4 Å². The standard InChI is InChI=1S/C17H23N3O2.ClH/c21-16(12-19-17(22)14-6-3-9-18-11-14)20-10-4-7-13-5-1-2-8-15(13)20;/h1-2,5,8,14,18H,3-4,6-7,9-12H2,(H,19,22);1H. The molecule has 126 valence electrons. The van der Waals surface area contributed by atoms with Gasteiger partial charge in [-0.05, 0) is 43.9 Å². The molecule has 1 fully saturated rings. The molecular weight excluding hydrogens is 314 g/mol. The summed E-state index contributed by atoms with van der Waals surface area (Å²) in [5.74, 6) is -0.0368. The zero-order chi connectivity index (χ0) is 15.4. The summed E-state index contributed by atoms with van der Waals surface area (Å²) >= 11 is 0. The number of rotatable bonds is 3. The summed E-state index contributed by atoms with van der Waals surface area (Å²) in [5.41, 5.74) is 2.21. The summed E-state index contributed by atoms with van der Waals surface area (Å²) in [6.45, 7) is 2.51. The highest BCUT2D eigenvalue weighted by molar-refractivity contribution is 5.97. The molecule has 2 amide bonds. The first kappa shape index (κ1) is 17.8. The molecule has 0 aliphatic carbocycles. The second kappa shape index (κ2) is 8.31. The monoisotopic (exact) mass is 337 g/mol. The average Bonchev–Trinajstić information content (AvgIpc) is 2.59. The van der Waals surface area contributed by atoms with Crippen molar-refractivity contribution in [2.45, 2.75) is 25.7 Å². The SMILES string of the molecule is Cl.O=C(NCC(=O)N1CCCc2ccccc21)C1CCCNC1. The van der Waals surface area contributed by atoms with E-state index in [0.717, 1.165) is 44.5 Å². The molecule has 6 heteroatoms. The molecule has 1 aromatic rings. The number of halogens is 1. The van der Waals surface area contributed by atoms with Gasteiger partial charge in [-0.2, -0.15) is 0 Å². The van der Waals surface area contributed by atoms with Crippen LogP contribution in [0.3, 0.4) is 0 Å². The van der Waals surface area contributed by atoms with Crippen LogP contribution in [0.25, 0.3) is 0 Å². The molecule has 2 N–H and O–H groups in total. The Kier molecular flexibility index (Phi) is 6.42. The number of carbonyl (C=O) groups is 2. The molecule has 0 saturated carbocycles. The Bertz CT molecular complexity index is 559. The van der Waals surface area contributed by atoms with Crippen LogP contribution in [0.1, 0.15) is 24.8 Å². The maximum absolute atomic E-state index is 12.4. The first-order valence-corrected chi connectivity index (χ1v) is 8.12. The number of aryl methyl sites for hydroxylation is 1. The molecule has 2 aliphatic rings. The smallest absolute Gasteiger partial charge is 0.246 e. The van der Waals surface area contributed by atoms with Crippen molar-refractivity contribution in [3.05, 3.63) is 29.8 Å². The third kappa shape index (κ3) is 4.24. The lowest BCUT2D eigenvalue weighted by Crippen LogP contribution is -2.46. The maximum atomic E-state index is 12.4. The first-order chi connectivity index (χ1) is 10.8. The Morgan fingerprint density at radius 1 is 1.26 bits per heavy atom. The van der Waals surface area contributed by atoms with Gasteiger partial charge in [0, 0.05) is 18.8 Å². The normalized spacial score (nSPS) is 20.2. The van der Waals surface area contributed by atoms with Crippen LogP contribution in [-0.4, -0.2) is 38.0 Å². The van der Waals surface area contributed by atoms with Crippen molar-refractivity contribution in [3.8, 4) is 0 Å². The van der Waals surface area contributed by atoms with Crippen LogP contribution in [-0.2, 0) is 16.0 Å². The Labute approximate surface area is 143 Å². The zero-order valence-electron chi connectivity index (χ0n) is 13.2. The summed E-state index contributed by atoms with van der Waals surface area (Å²) < 4.78 is 0. The van der Waals surface area contributed by atoms with E-state index in [1.54, 1.807) is 4.90 Å². The van der Waals surface area contributed by atoms with Crippen molar-refractivity contribution in [2.75, 3.05) is 31.1 Å². The zero-order valence-corrected chi connectivity index (χ0v) is 14.0. The van der Waals surface area contributed by atoms with Crippen molar-refractivity contribution in [3.63, 3.8) is 0 Å². The van der Waals surface area contributed by atoms with Gasteiger partial charge < -0.3 is 15.5 Å². The Hall–Kier alpha value is -1.59. The number of hydrogen-bond acceptors (Lipinski definition) is 3. The third-order valence-corrected chi connectivity index (χ3v) is 4.49. The van der Waals surface area contributed by atoms with E-state index in [9.17, 15) is 9.59 Å². The molecule has 1 unspecified atom stereocenters.